The lowest BCUT2D eigenvalue weighted by Crippen LogP contribution is -2.14. The predicted octanol–water partition coefficient (Wildman–Crippen LogP) is 3.36. The molecular weight excluding hydrogens is 346 g/mol. The maximum atomic E-state index is 12.5. The van der Waals surface area contributed by atoms with Crippen molar-refractivity contribution >= 4 is 34.2 Å². The lowest BCUT2D eigenvalue weighted by molar-refractivity contribution is 0.0993. The van der Waals surface area contributed by atoms with Crippen LogP contribution in [0.5, 0.6) is 0 Å². The fourth-order valence-corrected chi connectivity index (χ4v) is 2.63. The van der Waals surface area contributed by atoms with Gasteiger partial charge in [0.25, 0.3) is 11.8 Å². The van der Waals surface area contributed by atoms with Gasteiger partial charge in [-0.15, -0.1) is 0 Å². The van der Waals surface area contributed by atoms with E-state index < -0.39 is 0 Å². The van der Waals surface area contributed by atoms with E-state index in [-0.39, 0.29) is 17.6 Å². The van der Waals surface area contributed by atoms with E-state index in [0.29, 0.717) is 22.6 Å². The van der Waals surface area contributed by atoms with Crippen LogP contribution < -0.4 is 10.6 Å². The molecule has 3 heterocycles. The fraction of sp³-hybridized carbons (Fsp3) is 0.0526. The lowest BCUT2D eigenvalue weighted by atomic mass is 10.1. The largest absolute Gasteiger partial charge is 0.459 e. The van der Waals surface area contributed by atoms with Crippen molar-refractivity contribution in [2.24, 2.45) is 0 Å². The summed E-state index contributed by atoms with van der Waals surface area (Å²) in [5, 5.41) is 13.2. The molecule has 0 saturated carbocycles. The van der Waals surface area contributed by atoms with Crippen LogP contribution in [0.4, 0.5) is 11.4 Å². The Balaban J connectivity index is 1.51. The molecule has 8 nitrogen and oxygen atoms in total. The van der Waals surface area contributed by atoms with Gasteiger partial charge in [-0.1, -0.05) is 6.07 Å². The first kappa shape index (κ1) is 16.5. The number of nitrogens with one attached hydrogen (secondary N) is 3. The van der Waals surface area contributed by atoms with E-state index in [9.17, 15) is 9.59 Å². The Labute approximate surface area is 153 Å². The van der Waals surface area contributed by atoms with Gasteiger partial charge < -0.3 is 15.1 Å². The smallest absolute Gasteiger partial charge is 0.291 e. The van der Waals surface area contributed by atoms with E-state index in [1.165, 1.54) is 6.26 Å². The highest BCUT2D eigenvalue weighted by molar-refractivity contribution is 6.07. The van der Waals surface area contributed by atoms with Gasteiger partial charge in [0.1, 0.15) is 0 Å². The molecule has 27 heavy (non-hydrogen) atoms. The highest BCUT2D eigenvalue weighted by Crippen LogP contribution is 2.19. The Bertz CT molecular complexity index is 1130. The number of H-pyrrole nitrogens is 1. The highest BCUT2D eigenvalue weighted by Gasteiger charge is 2.12. The van der Waals surface area contributed by atoms with E-state index in [1.54, 1.807) is 42.6 Å². The number of aromatic nitrogens is 3. The first-order valence-corrected chi connectivity index (χ1v) is 8.17. The third kappa shape index (κ3) is 3.40. The van der Waals surface area contributed by atoms with E-state index in [4.69, 9.17) is 4.42 Å². The summed E-state index contributed by atoms with van der Waals surface area (Å²) in [6.45, 7) is 1.88. The van der Waals surface area contributed by atoms with E-state index in [2.05, 4.69) is 25.8 Å². The van der Waals surface area contributed by atoms with Crippen molar-refractivity contribution < 1.29 is 14.0 Å². The second-order valence-corrected chi connectivity index (χ2v) is 5.91. The van der Waals surface area contributed by atoms with Crippen LogP contribution in [0.3, 0.4) is 0 Å². The summed E-state index contributed by atoms with van der Waals surface area (Å²) in [4.78, 5) is 28.8. The van der Waals surface area contributed by atoms with Crippen molar-refractivity contribution in [2.75, 3.05) is 10.6 Å². The molecule has 4 rings (SSSR count). The van der Waals surface area contributed by atoms with Crippen molar-refractivity contribution in [1.82, 2.24) is 15.2 Å². The van der Waals surface area contributed by atoms with Crippen molar-refractivity contribution in [2.45, 2.75) is 6.92 Å². The van der Waals surface area contributed by atoms with Crippen molar-refractivity contribution in [3.8, 4) is 0 Å². The van der Waals surface area contributed by atoms with Gasteiger partial charge >= 0.3 is 0 Å². The van der Waals surface area contributed by atoms with Crippen LogP contribution in [-0.2, 0) is 0 Å². The number of carbonyl (C=O) groups is 2. The van der Waals surface area contributed by atoms with Crippen molar-refractivity contribution in [1.29, 1.82) is 0 Å². The summed E-state index contributed by atoms with van der Waals surface area (Å²) in [7, 11) is 0. The zero-order valence-corrected chi connectivity index (χ0v) is 14.3. The van der Waals surface area contributed by atoms with Gasteiger partial charge in [-0.05, 0) is 43.3 Å². The predicted molar refractivity (Wildman–Crippen MR) is 99.7 cm³/mol. The van der Waals surface area contributed by atoms with Crippen molar-refractivity contribution in [3.05, 3.63) is 71.9 Å². The number of benzene rings is 1. The molecule has 2 amide bonds. The average molecular weight is 361 g/mol. The monoisotopic (exact) mass is 361 g/mol. The van der Waals surface area contributed by atoms with Gasteiger partial charge in [0.15, 0.2) is 11.4 Å². The summed E-state index contributed by atoms with van der Waals surface area (Å²) in [6, 6.07) is 11.6. The van der Waals surface area contributed by atoms with Crippen LogP contribution in [0.15, 0.2) is 59.3 Å². The van der Waals surface area contributed by atoms with Crippen LogP contribution >= 0.6 is 0 Å². The summed E-state index contributed by atoms with van der Waals surface area (Å²) in [6.07, 6.45) is 2.97. The molecule has 0 atom stereocenters. The number of carbonyl (C=O) groups excluding carboxylic acids is 2. The topological polar surface area (TPSA) is 113 Å². The SMILES string of the molecule is Cc1[nH]nc2ncc(NC(=O)c3cccc(NC(=O)c4ccco4)c3)cc12. The number of aryl methyl sites for hydroxylation is 1. The number of anilines is 2. The summed E-state index contributed by atoms with van der Waals surface area (Å²) < 4.78 is 5.06. The number of rotatable bonds is 4. The van der Waals surface area contributed by atoms with Gasteiger partial charge in [-0.25, -0.2) is 4.98 Å². The Morgan fingerprint density at radius 2 is 1.89 bits per heavy atom. The molecule has 0 aliphatic rings. The highest BCUT2D eigenvalue weighted by atomic mass is 16.3. The van der Waals surface area contributed by atoms with Gasteiger partial charge in [-0.3, -0.25) is 14.7 Å². The molecule has 4 aromatic rings. The third-order valence-electron chi connectivity index (χ3n) is 3.99. The third-order valence-corrected chi connectivity index (χ3v) is 3.99. The Hall–Kier alpha value is -3.94. The molecule has 0 fully saturated rings. The maximum absolute atomic E-state index is 12.5. The van der Waals surface area contributed by atoms with E-state index in [1.807, 2.05) is 13.0 Å². The molecule has 134 valence electrons. The van der Waals surface area contributed by atoms with Gasteiger partial charge in [0.05, 0.1) is 18.1 Å². The van der Waals surface area contributed by atoms with Crippen LogP contribution in [0.1, 0.15) is 26.6 Å². The summed E-state index contributed by atoms with van der Waals surface area (Å²) >= 11 is 0. The van der Waals surface area contributed by atoms with Crippen LogP contribution in [0, 0.1) is 6.92 Å². The number of furan rings is 1. The minimum atomic E-state index is -0.386. The molecule has 0 aliphatic heterocycles. The Morgan fingerprint density at radius 1 is 1.04 bits per heavy atom. The van der Waals surface area contributed by atoms with Crippen molar-refractivity contribution in [3.63, 3.8) is 0 Å². The molecule has 0 spiro atoms. The molecule has 0 saturated heterocycles. The lowest BCUT2D eigenvalue weighted by Gasteiger charge is -2.08. The number of amides is 2. The number of hydrogen-bond acceptors (Lipinski definition) is 5. The maximum Gasteiger partial charge on any atom is 0.291 e. The second kappa shape index (κ2) is 6.75. The first-order chi connectivity index (χ1) is 13.1. The minimum absolute atomic E-state index is 0.194. The molecule has 0 aliphatic carbocycles. The number of hydrogen-bond donors (Lipinski definition) is 3. The van der Waals surface area contributed by atoms with Gasteiger partial charge in [-0.2, -0.15) is 5.10 Å². The second-order valence-electron chi connectivity index (χ2n) is 5.91. The molecule has 3 N–H and O–H groups in total. The van der Waals surface area contributed by atoms with Gasteiger partial charge in [0.2, 0.25) is 0 Å². The minimum Gasteiger partial charge on any atom is -0.459 e. The number of aromatic amines is 1. The van der Waals surface area contributed by atoms with Gasteiger partial charge in [0, 0.05) is 22.3 Å². The molecule has 0 radical (unpaired) electrons. The standard InChI is InChI=1S/C19H15N5O3/c1-11-15-9-14(10-20-17(15)24-23-11)22-18(25)12-4-2-5-13(8-12)21-19(26)16-6-3-7-27-16/h2-10H,1H3,(H,21,26)(H,22,25)(H,20,23,24). The van der Waals surface area contributed by atoms with E-state index in [0.717, 1.165) is 11.1 Å². The average Bonchev–Trinajstić information content (AvgIpc) is 3.33. The van der Waals surface area contributed by atoms with Crippen LogP contribution in [-0.4, -0.2) is 27.0 Å². The quantitative estimate of drug-likeness (QED) is 0.516. The molecule has 1 aromatic carbocycles. The molecular formula is C19H15N5O3. The molecule has 3 aromatic heterocycles. The number of pyridine rings is 1. The Morgan fingerprint density at radius 3 is 2.70 bits per heavy atom. The normalized spacial score (nSPS) is 10.7. The summed E-state index contributed by atoms with van der Waals surface area (Å²) in [5.74, 6) is -0.506. The van der Waals surface area contributed by atoms with Crippen LogP contribution in [0.2, 0.25) is 0 Å². The van der Waals surface area contributed by atoms with Crippen LogP contribution in [0.25, 0.3) is 11.0 Å². The fourth-order valence-electron chi connectivity index (χ4n) is 2.63. The van der Waals surface area contributed by atoms with E-state index >= 15 is 0 Å². The molecule has 8 heteroatoms. The zero-order valence-electron chi connectivity index (χ0n) is 14.3. The summed E-state index contributed by atoms with van der Waals surface area (Å²) in [5.41, 5.74) is 2.91. The first-order valence-electron chi connectivity index (χ1n) is 8.17. The Kier molecular flexibility index (Phi) is 4.13. The molecule has 0 bridgehead atoms. The number of fused-ring (bicyclic) bond motifs is 1. The zero-order chi connectivity index (χ0) is 18.8. The molecule has 0 unspecified atom stereocenters. The number of nitrogens with zero attached hydrogens (tertiary/aromatic N) is 2.